The topological polar surface area (TPSA) is 74.3 Å². The second kappa shape index (κ2) is 7.55. The number of anilines is 1. The molecule has 1 aliphatic heterocycles. The summed E-state index contributed by atoms with van der Waals surface area (Å²) in [7, 11) is 0. The van der Waals surface area contributed by atoms with Crippen LogP contribution in [0.2, 0.25) is 0 Å². The number of hydrogen-bond acceptors (Lipinski definition) is 6. The zero-order valence-electron chi connectivity index (χ0n) is 14.7. The number of carboxylic acids is 1. The van der Waals surface area contributed by atoms with E-state index in [-0.39, 0.29) is 6.10 Å². The van der Waals surface area contributed by atoms with Crippen LogP contribution in [-0.2, 0) is 9.63 Å². The molecule has 7 heteroatoms. The maximum absolute atomic E-state index is 10.9. The second-order valence-corrected chi connectivity index (χ2v) is 6.22. The zero-order chi connectivity index (χ0) is 17.9. The van der Waals surface area contributed by atoms with Gasteiger partial charge in [0.25, 0.3) is 0 Å². The number of carbonyl (C=O) groups is 1. The van der Waals surface area contributed by atoms with Crippen LogP contribution in [0, 0.1) is 0 Å². The third-order valence-electron chi connectivity index (χ3n) is 3.43. The third kappa shape index (κ3) is 4.39. The van der Waals surface area contributed by atoms with Crippen LogP contribution in [0.15, 0.2) is 30.6 Å². The van der Waals surface area contributed by atoms with Crippen LogP contribution in [0.3, 0.4) is 0 Å². The monoisotopic (exact) mass is 335 g/mol. The van der Waals surface area contributed by atoms with E-state index in [9.17, 15) is 4.79 Å². The van der Waals surface area contributed by atoms with Crippen molar-refractivity contribution < 1.29 is 19.5 Å². The first-order valence-electron chi connectivity index (χ1n) is 8.01. The molecule has 2 rings (SSSR count). The van der Waals surface area contributed by atoms with Crippen molar-refractivity contribution in [3.63, 3.8) is 0 Å². The largest absolute Gasteiger partial charge is 0.491 e. The van der Waals surface area contributed by atoms with E-state index in [2.05, 4.69) is 19.4 Å². The van der Waals surface area contributed by atoms with Gasteiger partial charge in [-0.05, 0) is 50.5 Å². The maximum Gasteiger partial charge on any atom is 0.335 e. The van der Waals surface area contributed by atoms with Crippen LogP contribution in [0.25, 0.3) is 0 Å². The van der Waals surface area contributed by atoms with Gasteiger partial charge in [-0.15, -0.1) is 5.53 Å². The van der Waals surface area contributed by atoms with E-state index in [1.165, 1.54) is 12.1 Å². The normalized spacial score (nSPS) is 15.5. The number of nitrogens with zero attached hydrogens (tertiary/aromatic N) is 2. The van der Waals surface area contributed by atoms with E-state index in [1.807, 2.05) is 32.0 Å². The molecular weight excluding hydrogens is 310 g/mol. The minimum atomic E-state index is -1.03. The molecule has 132 valence electrons. The van der Waals surface area contributed by atoms with Gasteiger partial charge in [0.05, 0.1) is 18.0 Å². The van der Waals surface area contributed by atoms with E-state index in [4.69, 9.17) is 14.7 Å². The predicted molar refractivity (Wildman–Crippen MR) is 91.1 cm³/mol. The van der Waals surface area contributed by atoms with Gasteiger partial charge in [0, 0.05) is 6.20 Å². The standard InChI is InChI=1S/C17H25N3O4/c1-11(2)15-10-14(23-12(3)4)6-7-16(15)19-8-9-20(18-19)24-13(5)17(21)22/h6-13,18H,1-5H3,(H,21,22). The fraction of sp³-hybridized carbons (Fsp3) is 0.471. The van der Waals surface area contributed by atoms with Crippen LogP contribution in [0.1, 0.15) is 46.1 Å². The number of benzene rings is 1. The molecular formula is C17H25N3O4. The lowest BCUT2D eigenvalue weighted by molar-refractivity contribution is -0.201. The summed E-state index contributed by atoms with van der Waals surface area (Å²) in [6.07, 6.45) is 2.57. The average molecular weight is 335 g/mol. The summed E-state index contributed by atoms with van der Waals surface area (Å²) in [4.78, 5) is 16.1. The molecule has 0 aromatic heterocycles. The summed E-state index contributed by atoms with van der Waals surface area (Å²) in [5, 5.41) is 12.0. The number of ether oxygens (including phenoxy) is 1. The Morgan fingerprint density at radius 1 is 1.17 bits per heavy atom. The molecule has 2 N–H and O–H groups in total. The lowest BCUT2D eigenvalue weighted by Crippen LogP contribution is -2.42. The van der Waals surface area contributed by atoms with Crippen LogP contribution in [-0.4, -0.2) is 28.5 Å². The Balaban J connectivity index is 2.14. The fourth-order valence-electron chi connectivity index (χ4n) is 2.27. The average Bonchev–Trinajstić information content (AvgIpc) is 2.94. The van der Waals surface area contributed by atoms with E-state index in [1.54, 1.807) is 17.4 Å². The van der Waals surface area contributed by atoms with Crippen molar-refractivity contribution in [3.8, 4) is 5.75 Å². The first-order valence-corrected chi connectivity index (χ1v) is 8.01. The van der Waals surface area contributed by atoms with Gasteiger partial charge in [0.1, 0.15) is 5.75 Å². The summed E-state index contributed by atoms with van der Waals surface area (Å²) in [6, 6.07) is 5.91. The molecule has 1 unspecified atom stereocenters. The van der Waals surface area contributed by atoms with Crippen molar-refractivity contribution in [1.82, 2.24) is 10.7 Å². The Morgan fingerprint density at radius 3 is 2.46 bits per heavy atom. The lowest BCUT2D eigenvalue weighted by atomic mass is 10.0. The van der Waals surface area contributed by atoms with E-state index in [0.717, 1.165) is 17.0 Å². The minimum Gasteiger partial charge on any atom is -0.491 e. The lowest BCUT2D eigenvalue weighted by Gasteiger charge is -2.26. The number of hydrazine groups is 2. The molecule has 1 aliphatic rings. The van der Waals surface area contributed by atoms with Gasteiger partial charge >= 0.3 is 5.97 Å². The molecule has 0 fully saturated rings. The highest BCUT2D eigenvalue weighted by atomic mass is 16.7. The number of hydrogen-bond donors (Lipinski definition) is 2. The number of rotatable bonds is 7. The van der Waals surface area contributed by atoms with Gasteiger partial charge in [-0.2, -0.15) is 5.17 Å². The Hall–Kier alpha value is -2.25. The van der Waals surface area contributed by atoms with Gasteiger partial charge < -0.3 is 9.84 Å². The van der Waals surface area contributed by atoms with Crippen molar-refractivity contribution >= 4 is 11.7 Å². The quantitative estimate of drug-likeness (QED) is 0.793. The Labute approximate surface area is 142 Å². The summed E-state index contributed by atoms with van der Waals surface area (Å²) in [5.41, 5.74) is 5.04. The molecule has 0 saturated heterocycles. The van der Waals surface area contributed by atoms with Gasteiger partial charge in [-0.3, -0.25) is 5.01 Å². The van der Waals surface area contributed by atoms with Gasteiger partial charge in [-0.25, -0.2) is 9.63 Å². The molecule has 1 atom stereocenters. The predicted octanol–water partition coefficient (Wildman–Crippen LogP) is 3.01. The fourth-order valence-corrected chi connectivity index (χ4v) is 2.27. The summed E-state index contributed by atoms with van der Waals surface area (Å²) in [6.45, 7) is 9.67. The van der Waals surface area contributed by atoms with Crippen molar-refractivity contribution in [2.45, 2.75) is 52.7 Å². The molecule has 7 nitrogen and oxygen atoms in total. The summed E-state index contributed by atoms with van der Waals surface area (Å²) < 4.78 is 5.77. The van der Waals surface area contributed by atoms with Crippen LogP contribution in [0.5, 0.6) is 5.75 Å². The highest BCUT2D eigenvalue weighted by Crippen LogP contribution is 2.32. The first-order chi connectivity index (χ1) is 11.3. The highest BCUT2D eigenvalue weighted by molar-refractivity contribution is 5.71. The molecule has 0 bridgehead atoms. The van der Waals surface area contributed by atoms with E-state index in [0.29, 0.717) is 5.92 Å². The molecule has 0 radical (unpaired) electrons. The highest BCUT2D eigenvalue weighted by Gasteiger charge is 2.22. The van der Waals surface area contributed by atoms with E-state index < -0.39 is 12.1 Å². The molecule has 0 saturated carbocycles. The number of carboxylic acid groups (broad SMARTS) is 1. The van der Waals surface area contributed by atoms with Crippen LogP contribution < -0.4 is 15.3 Å². The summed E-state index contributed by atoms with van der Waals surface area (Å²) in [5.74, 6) is 0.0914. The Morgan fingerprint density at radius 2 is 1.88 bits per heavy atom. The third-order valence-corrected chi connectivity index (χ3v) is 3.43. The van der Waals surface area contributed by atoms with Gasteiger partial charge in [-0.1, -0.05) is 13.8 Å². The smallest absolute Gasteiger partial charge is 0.335 e. The molecule has 24 heavy (non-hydrogen) atoms. The number of hydroxylamine groups is 1. The van der Waals surface area contributed by atoms with E-state index >= 15 is 0 Å². The maximum atomic E-state index is 10.9. The van der Waals surface area contributed by atoms with Crippen LogP contribution >= 0.6 is 0 Å². The minimum absolute atomic E-state index is 0.113. The Bertz CT molecular complexity index is 616. The molecule has 1 heterocycles. The Kier molecular flexibility index (Phi) is 5.69. The van der Waals surface area contributed by atoms with Crippen molar-refractivity contribution in [1.29, 1.82) is 0 Å². The number of nitrogens with one attached hydrogen (secondary N) is 1. The van der Waals surface area contributed by atoms with Crippen molar-refractivity contribution in [2.75, 3.05) is 5.01 Å². The summed E-state index contributed by atoms with van der Waals surface area (Å²) >= 11 is 0. The molecule has 1 aromatic carbocycles. The van der Waals surface area contributed by atoms with Crippen molar-refractivity contribution in [2.24, 2.45) is 0 Å². The van der Waals surface area contributed by atoms with Gasteiger partial charge in [0.15, 0.2) is 6.10 Å². The second-order valence-electron chi connectivity index (χ2n) is 6.22. The molecule has 1 aromatic rings. The molecule has 0 aliphatic carbocycles. The molecule has 0 amide bonds. The first kappa shape index (κ1) is 18.1. The molecule has 0 spiro atoms. The SMILES string of the molecule is CC(C)Oc1ccc(N2C=CN(OC(C)C(=O)O)N2)c(C(C)C)c1. The van der Waals surface area contributed by atoms with Crippen LogP contribution in [0.4, 0.5) is 5.69 Å². The zero-order valence-corrected chi connectivity index (χ0v) is 14.7. The van der Waals surface area contributed by atoms with Crippen molar-refractivity contribution in [3.05, 3.63) is 36.2 Å². The number of aliphatic carboxylic acids is 1. The van der Waals surface area contributed by atoms with Gasteiger partial charge in [0.2, 0.25) is 0 Å².